The van der Waals surface area contributed by atoms with Gasteiger partial charge in [-0.3, -0.25) is 9.78 Å². The first kappa shape index (κ1) is 18.6. The Labute approximate surface area is 157 Å². The summed E-state index contributed by atoms with van der Waals surface area (Å²) in [7, 11) is 3.55. The molecule has 3 heterocycles. The van der Waals surface area contributed by atoms with E-state index in [-0.39, 0.29) is 6.61 Å². The monoisotopic (exact) mass is 367 g/mol. The minimum atomic E-state index is 0.265. The molecular formula is C20H21N3O4. The predicted octanol–water partition coefficient (Wildman–Crippen LogP) is 2.90. The van der Waals surface area contributed by atoms with Crippen molar-refractivity contribution in [3.63, 3.8) is 0 Å². The zero-order valence-electron chi connectivity index (χ0n) is 15.3. The standard InChI is InChI=1S/C20H21N3O4/c1-23-8-4-6-17(23)20-15(5-3-7-21-20)14-27-18-12-22-19(11-16(18)13-24)26-10-9-25-2/h3-8,11-13H,9-10,14H2,1-2H3. The third-order valence-electron chi connectivity index (χ3n) is 4.00. The quantitative estimate of drug-likeness (QED) is 0.428. The van der Waals surface area contributed by atoms with Crippen LogP contribution in [0.3, 0.4) is 0 Å². The van der Waals surface area contributed by atoms with Crippen molar-refractivity contribution in [1.82, 2.24) is 14.5 Å². The van der Waals surface area contributed by atoms with E-state index < -0.39 is 0 Å². The van der Waals surface area contributed by atoms with Gasteiger partial charge in [0.15, 0.2) is 6.29 Å². The molecular weight excluding hydrogens is 346 g/mol. The summed E-state index contributed by atoms with van der Waals surface area (Å²) >= 11 is 0. The van der Waals surface area contributed by atoms with Gasteiger partial charge in [0.2, 0.25) is 5.88 Å². The van der Waals surface area contributed by atoms with Crippen molar-refractivity contribution in [2.75, 3.05) is 20.3 Å². The van der Waals surface area contributed by atoms with E-state index in [0.29, 0.717) is 30.4 Å². The maximum Gasteiger partial charge on any atom is 0.214 e. The molecule has 3 rings (SSSR count). The SMILES string of the molecule is COCCOc1cc(C=O)c(OCc2cccnc2-c2cccn2C)cn1. The maximum absolute atomic E-state index is 11.4. The molecule has 7 heteroatoms. The fraction of sp³-hybridized carbons (Fsp3) is 0.250. The molecule has 0 aliphatic heterocycles. The largest absolute Gasteiger partial charge is 0.486 e. The van der Waals surface area contributed by atoms with Crippen LogP contribution in [-0.2, 0) is 18.4 Å². The van der Waals surface area contributed by atoms with E-state index in [1.807, 2.05) is 42.1 Å². The Kier molecular flexibility index (Phi) is 6.17. The van der Waals surface area contributed by atoms with Crippen LogP contribution < -0.4 is 9.47 Å². The van der Waals surface area contributed by atoms with Gasteiger partial charge in [0.05, 0.1) is 29.8 Å². The smallest absolute Gasteiger partial charge is 0.214 e. The van der Waals surface area contributed by atoms with E-state index in [9.17, 15) is 4.79 Å². The lowest BCUT2D eigenvalue weighted by Crippen LogP contribution is -2.07. The third kappa shape index (κ3) is 4.51. The van der Waals surface area contributed by atoms with Crippen molar-refractivity contribution >= 4 is 6.29 Å². The Morgan fingerprint density at radius 2 is 2.04 bits per heavy atom. The van der Waals surface area contributed by atoms with Crippen molar-refractivity contribution in [3.8, 4) is 23.0 Å². The van der Waals surface area contributed by atoms with Crippen LogP contribution in [0.1, 0.15) is 15.9 Å². The Hall–Kier alpha value is -3.19. The summed E-state index contributed by atoms with van der Waals surface area (Å²) < 4.78 is 18.2. The summed E-state index contributed by atoms with van der Waals surface area (Å²) in [6.45, 7) is 1.07. The first-order chi connectivity index (χ1) is 13.2. The highest BCUT2D eigenvalue weighted by molar-refractivity contribution is 5.79. The van der Waals surface area contributed by atoms with Crippen molar-refractivity contribution in [1.29, 1.82) is 0 Å². The van der Waals surface area contributed by atoms with Crippen LogP contribution in [0.25, 0.3) is 11.4 Å². The molecule has 0 N–H and O–H groups in total. The highest BCUT2D eigenvalue weighted by Gasteiger charge is 2.12. The van der Waals surface area contributed by atoms with Crippen LogP contribution in [-0.4, -0.2) is 41.1 Å². The van der Waals surface area contributed by atoms with Gasteiger partial charge >= 0.3 is 0 Å². The Morgan fingerprint density at radius 1 is 1.15 bits per heavy atom. The summed E-state index contributed by atoms with van der Waals surface area (Å²) in [6, 6.07) is 9.32. The summed E-state index contributed by atoms with van der Waals surface area (Å²) in [5.41, 5.74) is 3.12. The average Bonchev–Trinajstić information content (AvgIpc) is 3.13. The Balaban J connectivity index is 1.76. The van der Waals surface area contributed by atoms with Crippen LogP contribution in [0.2, 0.25) is 0 Å². The maximum atomic E-state index is 11.4. The van der Waals surface area contributed by atoms with E-state index in [1.165, 1.54) is 6.20 Å². The molecule has 0 spiro atoms. The van der Waals surface area contributed by atoms with Crippen molar-refractivity contribution in [2.24, 2.45) is 7.05 Å². The molecule has 3 aromatic heterocycles. The topological polar surface area (TPSA) is 75.5 Å². The lowest BCUT2D eigenvalue weighted by molar-refractivity contribution is 0.111. The molecule has 0 fully saturated rings. The highest BCUT2D eigenvalue weighted by Crippen LogP contribution is 2.25. The molecule has 3 aromatic rings. The van der Waals surface area contributed by atoms with Gasteiger partial charge in [-0.2, -0.15) is 0 Å². The molecule has 7 nitrogen and oxygen atoms in total. The highest BCUT2D eigenvalue weighted by atomic mass is 16.5. The van der Waals surface area contributed by atoms with Crippen LogP contribution in [0, 0.1) is 0 Å². The van der Waals surface area contributed by atoms with Crippen molar-refractivity contribution < 1.29 is 19.0 Å². The van der Waals surface area contributed by atoms with Gasteiger partial charge < -0.3 is 18.8 Å². The fourth-order valence-corrected chi connectivity index (χ4v) is 2.61. The summed E-state index contributed by atoms with van der Waals surface area (Å²) in [5.74, 6) is 0.748. The molecule has 27 heavy (non-hydrogen) atoms. The normalized spacial score (nSPS) is 10.6. The number of ether oxygens (including phenoxy) is 3. The summed E-state index contributed by atoms with van der Waals surface area (Å²) in [5, 5.41) is 0. The van der Waals surface area contributed by atoms with E-state index >= 15 is 0 Å². The molecule has 0 aliphatic carbocycles. The molecule has 0 bridgehead atoms. The van der Waals surface area contributed by atoms with E-state index in [4.69, 9.17) is 14.2 Å². The number of aldehydes is 1. The number of carbonyl (C=O) groups excluding carboxylic acids is 1. The number of carbonyl (C=O) groups is 1. The number of aromatic nitrogens is 3. The third-order valence-corrected chi connectivity index (χ3v) is 4.00. The summed E-state index contributed by atoms with van der Waals surface area (Å²) in [4.78, 5) is 20.1. The van der Waals surface area contributed by atoms with Gasteiger partial charge in [-0.1, -0.05) is 6.07 Å². The molecule has 0 saturated carbocycles. The number of rotatable bonds is 9. The first-order valence-corrected chi connectivity index (χ1v) is 8.48. The average molecular weight is 367 g/mol. The van der Waals surface area contributed by atoms with Gasteiger partial charge in [-0.05, 0) is 18.2 Å². The second-order valence-corrected chi connectivity index (χ2v) is 5.82. The minimum absolute atomic E-state index is 0.265. The van der Waals surface area contributed by atoms with Gasteiger partial charge in [0.1, 0.15) is 19.0 Å². The number of nitrogens with zero attached hydrogens (tertiary/aromatic N) is 3. The minimum Gasteiger partial charge on any atom is -0.486 e. The molecule has 140 valence electrons. The van der Waals surface area contributed by atoms with Crippen molar-refractivity contribution in [3.05, 3.63) is 60.0 Å². The Morgan fingerprint density at radius 3 is 2.78 bits per heavy atom. The summed E-state index contributed by atoms with van der Waals surface area (Å²) in [6.07, 6.45) is 5.92. The van der Waals surface area contributed by atoms with Gasteiger partial charge in [0, 0.05) is 38.2 Å². The molecule has 0 atom stereocenters. The second kappa shape index (κ2) is 8.95. The number of methoxy groups -OCH3 is 1. The number of hydrogen-bond donors (Lipinski definition) is 0. The van der Waals surface area contributed by atoms with Gasteiger partial charge in [-0.25, -0.2) is 4.98 Å². The van der Waals surface area contributed by atoms with Crippen LogP contribution in [0.5, 0.6) is 11.6 Å². The predicted molar refractivity (Wildman–Crippen MR) is 100.0 cm³/mol. The second-order valence-electron chi connectivity index (χ2n) is 5.82. The first-order valence-electron chi connectivity index (χ1n) is 8.48. The van der Waals surface area contributed by atoms with Gasteiger partial charge in [0.25, 0.3) is 0 Å². The molecule has 0 radical (unpaired) electrons. The van der Waals surface area contributed by atoms with Crippen LogP contribution >= 0.6 is 0 Å². The van der Waals surface area contributed by atoms with Crippen LogP contribution in [0.15, 0.2) is 48.9 Å². The number of hydrogen-bond acceptors (Lipinski definition) is 6. The van der Waals surface area contributed by atoms with Crippen LogP contribution in [0.4, 0.5) is 0 Å². The van der Waals surface area contributed by atoms with E-state index in [2.05, 4.69) is 9.97 Å². The number of pyridine rings is 2. The van der Waals surface area contributed by atoms with E-state index in [1.54, 1.807) is 19.4 Å². The molecule has 0 aromatic carbocycles. The lowest BCUT2D eigenvalue weighted by atomic mass is 10.1. The zero-order chi connectivity index (χ0) is 19.1. The molecule has 0 unspecified atom stereocenters. The lowest BCUT2D eigenvalue weighted by Gasteiger charge is -2.13. The zero-order valence-corrected chi connectivity index (χ0v) is 15.3. The molecule has 0 aliphatic rings. The fourth-order valence-electron chi connectivity index (χ4n) is 2.61. The molecule has 0 amide bonds. The Bertz CT molecular complexity index is 908. The molecule has 0 saturated heterocycles. The van der Waals surface area contributed by atoms with E-state index in [0.717, 1.165) is 23.2 Å². The van der Waals surface area contributed by atoms with Gasteiger partial charge in [-0.15, -0.1) is 0 Å². The number of aryl methyl sites for hydroxylation is 1. The van der Waals surface area contributed by atoms with Crippen molar-refractivity contribution in [2.45, 2.75) is 6.61 Å².